The Hall–Kier alpha value is -4.39. The van der Waals surface area contributed by atoms with Crippen molar-refractivity contribution in [1.82, 2.24) is 14.2 Å². The molecule has 2 amide bonds. The molecule has 0 saturated heterocycles. The molecule has 0 aliphatic carbocycles. The van der Waals surface area contributed by atoms with Gasteiger partial charge in [-0.25, -0.2) is 8.42 Å². The molecule has 0 fully saturated rings. The van der Waals surface area contributed by atoms with Gasteiger partial charge >= 0.3 is 0 Å². The number of aromatic amines is 1. The lowest BCUT2D eigenvalue weighted by atomic mass is 10.1. The van der Waals surface area contributed by atoms with Gasteiger partial charge in [-0.3, -0.25) is 9.59 Å². The minimum Gasteiger partial charge on any atom is -0.493 e. The fourth-order valence-electron chi connectivity index (χ4n) is 4.88. The van der Waals surface area contributed by atoms with Gasteiger partial charge in [0.15, 0.2) is 11.5 Å². The number of methoxy groups -OCH3 is 3. The maximum atomic E-state index is 13.9. The van der Waals surface area contributed by atoms with E-state index in [2.05, 4.69) is 10.3 Å². The molecular formula is C32H38N4O7S. The van der Waals surface area contributed by atoms with E-state index in [1.165, 1.54) is 38.3 Å². The van der Waals surface area contributed by atoms with E-state index in [4.69, 9.17) is 14.2 Å². The van der Waals surface area contributed by atoms with Crippen LogP contribution in [-0.4, -0.2) is 82.0 Å². The lowest BCUT2D eigenvalue weighted by Crippen LogP contribution is -2.44. The number of para-hydroxylation sites is 1. The lowest BCUT2D eigenvalue weighted by molar-refractivity contribution is -0.132. The number of anilines is 1. The van der Waals surface area contributed by atoms with Gasteiger partial charge in [-0.05, 0) is 60.0 Å². The Balaban J connectivity index is 1.61. The third-order valence-corrected chi connectivity index (χ3v) is 9.03. The maximum Gasteiger partial charge on any atom is 0.243 e. The van der Waals surface area contributed by atoms with E-state index in [0.717, 1.165) is 26.3 Å². The second-order valence-corrected chi connectivity index (χ2v) is 12.1. The van der Waals surface area contributed by atoms with Gasteiger partial charge in [0, 0.05) is 56.5 Å². The number of amides is 2. The summed E-state index contributed by atoms with van der Waals surface area (Å²) >= 11 is 0. The topological polar surface area (TPSA) is 130 Å². The van der Waals surface area contributed by atoms with Crippen LogP contribution >= 0.6 is 0 Å². The molecular weight excluding hydrogens is 584 g/mol. The van der Waals surface area contributed by atoms with Crippen molar-refractivity contribution in [2.24, 2.45) is 0 Å². The van der Waals surface area contributed by atoms with Crippen molar-refractivity contribution >= 4 is 38.4 Å². The Morgan fingerprint density at radius 1 is 0.909 bits per heavy atom. The van der Waals surface area contributed by atoms with Crippen molar-refractivity contribution in [3.63, 3.8) is 0 Å². The first-order valence-corrected chi connectivity index (χ1v) is 15.5. The van der Waals surface area contributed by atoms with Gasteiger partial charge in [-0.2, -0.15) is 4.31 Å². The van der Waals surface area contributed by atoms with Crippen LogP contribution in [0.2, 0.25) is 0 Å². The Kier molecular flexibility index (Phi) is 11.0. The zero-order valence-corrected chi connectivity index (χ0v) is 26.1. The summed E-state index contributed by atoms with van der Waals surface area (Å²) in [7, 11) is 0.494. The first-order valence-electron chi connectivity index (χ1n) is 14.1. The number of carbonyl (C=O) groups excluding carboxylic acids is 2. The van der Waals surface area contributed by atoms with Gasteiger partial charge in [-0.1, -0.05) is 24.3 Å². The first kappa shape index (κ1) is 32.5. The zero-order chi connectivity index (χ0) is 31.7. The molecule has 0 aliphatic rings. The van der Waals surface area contributed by atoms with E-state index in [9.17, 15) is 18.0 Å². The van der Waals surface area contributed by atoms with Crippen molar-refractivity contribution in [2.45, 2.75) is 24.8 Å². The van der Waals surface area contributed by atoms with E-state index in [-0.39, 0.29) is 43.0 Å². The summed E-state index contributed by atoms with van der Waals surface area (Å²) < 4.78 is 44.6. The number of sulfonamides is 1. The van der Waals surface area contributed by atoms with E-state index < -0.39 is 10.0 Å². The van der Waals surface area contributed by atoms with Gasteiger partial charge in [0.2, 0.25) is 21.8 Å². The molecule has 4 rings (SSSR count). The van der Waals surface area contributed by atoms with Crippen LogP contribution in [0.3, 0.4) is 0 Å². The quantitative estimate of drug-likeness (QED) is 0.205. The number of rotatable bonds is 15. The van der Waals surface area contributed by atoms with Crippen LogP contribution in [0.15, 0.2) is 77.8 Å². The molecule has 2 N–H and O–H groups in total. The van der Waals surface area contributed by atoms with Crippen LogP contribution in [0.1, 0.15) is 18.1 Å². The third-order valence-electron chi connectivity index (χ3n) is 7.17. The summed E-state index contributed by atoms with van der Waals surface area (Å²) in [5, 5.41) is 3.69. The predicted molar refractivity (Wildman–Crippen MR) is 168 cm³/mol. The van der Waals surface area contributed by atoms with Gasteiger partial charge < -0.3 is 29.4 Å². The van der Waals surface area contributed by atoms with E-state index >= 15 is 0 Å². The standard InChI is InChI=1S/C32H38N4O7S/c1-23(37)34-26-10-12-27(13-11-26)44(39,40)36(17-18-41-2)22-32(38)35(21-24-9-14-30(42-3)31(19-24)43-4)16-15-25-20-33-29-8-6-5-7-28(25)29/h5-14,19-20,33H,15-18,21-22H2,1-4H3,(H,34,37). The number of hydrogen-bond donors (Lipinski definition) is 2. The molecule has 0 saturated carbocycles. The average Bonchev–Trinajstić information content (AvgIpc) is 3.43. The van der Waals surface area contributed by atoms with E-state index in [1.54, 1.807) is 31.3 Å². The lowest BCUT2D eigenvalue weighted by Gasteiger charge is -2.27. The Morgan fingerprint density at radius 3 is 2.32 bits per heavy atom. The summed E-state index contributed by atoms with van der Waals surface area (Å²) in [4.78, 5) is 30.3. The molecule has 1 aromatic heterocycles. The van der Waals surface area contributed by atoms with Crippen LogP contribution in [-0.2, 0) is 37.3 Å². The Morgan fingerprint density at radius 2 is 1.64 bits per heavy atom. The molecule has 44 heavy (non-hydrogen) atoms. The molecule has 3 aromatic carbocycles. The summed E-state index contributed by atoms with van der Waals surface area (Å²) in [5.41, 5.74) is 3.32. The molecule has 1 heterocycles. The fourth-order valence-corrected chi connectivity index (χ4v) is 6.25. The highest BCUT2D eigenvalue weighted by atomic mass is 32.2. The van der Waals surface area contributed by atoms with Crippen molar-refractivity contribution in [3.8, 4) is 11.5 Å². The largest absolute Gasteiger partial charge is 0.493 e. The van der Waals surface area contributed by atoms with Crippen molar-refractivity contribution in [3.05, 3.63) is 84.1 Å². The van der Waals surface area contributed by atoms with Crippen LogP contribution in [0.5, 0.6) is 11.5 Å². The Labute approximate surface area is 257 Å². The maximum absolute atomic E-state index is 13.9. The van der Waals surface area contributed by atoms with Crippen LogP contribution < -0.4 is 14.8 Å². The molecule has 0 atom stereocenters. The molecule has 12 heteroatoms. The van der Waals surface area contributed by atoms with Crippen molar-refractivity contribution < 1.29 is 32.2 Å². The minimum absolute atomic E-state index is 0.000684. The summed E-state index contributed by atoms with van der Waals surface area (Å²) in [5.74, 6) is 0.458. The number of nitrogens with zero attached hydrogens (tertiary/aromatic N) is 2. The second kappa shape index (κ2) is 14.9. The molecule has 0 radical (unpaired) electrons. The normalized spacial score (nSPS) is 11.5. The molecule has 0 bridgehead atoms. The van der Waals surface area contributed by atoms with Gasteiger partial charge in [0.05, 0.1) is 32.3 Å². The summed E-state index contributed by atoms with van der Waals surface area (Å²) in [6.45, 7) is 1.63. The summed E-state index contributed by atoms with van der Waals surface area (Å²) in [6, 6.07) is 19.2. The Bertz CT molecular complexity index is 1690. The van der Waals surface area contributed by atoms with Gasteiger partial charge in [0.1, 0.15) is 0 Å². The van der Waals surface area contributed by atoms with E-state index in [1.807, 2.05) is 36.5 Å². The third kappa shape index (κ3) is 7.95. The molecule has 11 nitrogen and oxygen atoms in total. The molecule has 0 aliphatic heterocycles. The minimum atomic E-state index is -4.08. The fraction of sp³-hybridized carbons (Fsp3) is 0.312. The number of benzene rings is 3. The van der Waals surface area contributed by atoms with Gasteiger partial charge in [-0.15, -0.1) is 0 Å². The smallest absolute Gasteiger partial charge is 0.243 e. The van der Waals surface area contributed by atoms with E-state index in [0.29, 0.717) is 30.2 Å². The monoisotopic (exact) mass is 622 g/mol. The van der Waals surface area contributed by atoms with Gasteiger partial charge in [0.25, 0.3) is 0 Å². The van der Waals surface area contributed by atoms with Crippen LogP contribution in [0.4, 0.5) is 5.69 Å². The average molecular weight is 623 g/mol. The van der Waals surface area contributed by atoms with Crippen molar-refractivity contribution in [2.75, 3.05) is 52.9 Å². The highest BCUT2D eigenvalue weighted by Crippen LogP contribution is 2.28. The second-order valence-electron chi connectivity index (χ2n) is 10.2. The zero-order valence-electron chi connectivity index (χ0n) is 25.3. The molecule has 234 valence electrons. The highest BCUT2D eigenvalue weighted by molar-refractivity contribution is 7.89. The SMILES string of the molecule is COCCN(CC(=O)N(CCc1c[nH]c2ccccc12)Cc1ccc(OC)c(OC)c1)S(=O)(=O)c1ccc(NC(C)=O)cc1. The molecule has 4 aromatic rings. The number of aromatic nitrogens is 1. The predicted octanol–water partition coefficient (Wildman–Crippen LogP) is 4.05. The van der Waals surface area contributed by atoms with Crippen LogP contribution in [0.25, 0.3) is 10.9 Å². The number of carbonyl (C=O) groups is 2. The number of H-pyrrole nitrogens is 1. The summed E-state index contributed by atoms with van der Waals surface area (Å²) in [6.07, 6.45) is 2.49. The molecule has 0 spiro atoms. The first-order chi connectivity index (χ1) is 21.2. The number of nitrogens with one attached hydrogen (secondary N) is 2. The molecule has 0 unspecified atom stereocenters. The highest BCUT2D eigenvalue weighted by Gasteiger charge is 2.29. The van der Waals surface area contributed by atoms with Crippen molar-refractivity contribution in [1.29, 1.82) is 0 Å². The number of ether oxygens (including phenoxy) is 3. The number of hydrogen-bond acceptors (Lipinski definition) is 7. The van der Waals surface area contributed by atoms with Crippen LogP contribution in [0, 0.1) is 0 Å². The number of fused-ring (bicyclic) bond motifs is 1.